The third kappa shape index (κ3) is 2.08. The van der Waals surface area contributed by atoms with E-state index in [1.54, 1.807) is 19.1 Å². The monoisotopic (exact) mass is 185 g/mol. The first kappa shape index (κ1) is 10.2. The number of carbonyl (C=O) groups excluding carboxylic acids is 1. The van der Waals surface area contributed by atoms with Crippen LogP contribution in [-0.2, 0) is 14.3 Å². The second-order valence-corrected chi connectivity index (χ2v) is 3.00. The van der Waals surface area contributed by atoms with Crippen molar-refractivity contribution in [2.24, 2.45) is 0 Å². The zero-order chi connectivity index (χ0) is 9.84. The second-order valence-electron chi connectivity index (χ2n) is 3.00. The van der Waals surface area contributed by atoms with Gasteiger partial charge in [-0.15, -0.1) is 0 Å². The van der Waals surface area contributed by atoms with Gasteiger partial charge in [-0.2, -0.15) is 0 Å². The van der Waals surface area contributed by atoms with Crippen LogP contribution in [0.4, 0.5) is 0 Å². The summed E-state index contributed by atoms with van der Waals surface area (Å²) in [5, 5.41) is 0. The average Bonchev–Trinajstić information content (AvgIpc) is 2.59. The molecule has 2 atom stereocenters. The van der Waals surface area contributed by atoms with Crippen molar-refractivity contribution in [1.82, 2.24) is 4.90 Å². The number of amides is 1. The molecule has 0 aromatic heterocycles. The average molecular weight is 185 g/mol. The van der Waals surface area contributed by atoms with Gasteiger partial charge < -0.3 is 14.4 Å². The van der Waals surface area contributed by atoms with Gasteiger partial charge in [-0.1, -0.05) is 6.58 Å². The van der Waals surface area contributed by atoms with E-state index in [0.717, 1.165) is 0 Å². The molecule has 4 heteroatoms. The fourth-order valence-corrected chi connectivity index (χ4v) is 1.51. The summed E-state index contributed by atoms with van der Waals surface area (Å²) in [4.78, 5) is 12.9. The molecule has 1 amide bonds. The van der Waals surface area contributed by atoms with Crippen molar-refractivity contribution in [3.8, 4) is 0 Å². The summed E-state index contributed by atoms with van der Waals surface area (Å²) in [6, 6.07) is 0. The normalized spacial score (nSPS) is 27.7. The summed E-state index contributed by atoms with van der Waals surface area (Å²) in [6.45, 7) is 4.60. The predicted octanol–water partition coefficient (Wildman–Crippen LogP) is 0.0446. The summed E-state index contributed by atoms with van der Waals surface area (Å²) in [7, 11) is 3.25. The molecular formula is C9H15NO3. The van der Waals surface area contributed by atoms with E-state index in [-0.39, 0.29) is 18.1 Å². The molecule has 1 aliphatic rings. The SMILES string of the molecule is C=CC(=O)N1CC(OC)C(OC)C1. The van der Waals surface area contributed by atoms with Crippen LogP contribution < -0.4 is 0 Å². The lowest BCUT2D eigenvalue weighted by Gasteiger charge is -2.13. The highest BCUT2D eigenvalue weighted by molar-refractivity contribution is 5.87. The minimum atomic E-state index is -0.0680. The fourth-order valence-electron chi connectivity index (χ4n) is 1.51. The van der Waals surface area contributed by atoms with Crippen molar-refractivity contribution in [3.63, 3.8) is 0 Å². The smallest absolute Gasteiger partial charge is 0.246 e. The minimum absolute atomic E-state index is 0.0195. The Labute approximate surface area is 78.1 Å². The fraction of sp³-hybridized carbons (Fsp3) is 0.667. The molecule has 1 fully saturated rings. The van der Waals surface area contributed by atoms with E-state index in [1.165, 1.54) is 6.08 Å². The van der Waals surface area contributed by atoms with E-state index in [4.69, 9.17) is 9.47 Å². The molecule has 0 aromatic carbocycles. The van der Waals surface area contributed by atoms with Crippen molar-refractivity contribution < 1.29 is 14.3 Å². The third-order valence-corrected chi connectivity index (χ3v) is 2.31. The van der Waals surface area contributed by atoms with Crippen LogP contribution in [0.2, 0.25) is 0 Å². The maximum absolute atomic E-state index is 11.2. The van der Waals surface area contributed by atoms with Gasteiger partial charge in [-0.3, -0.25) is 4.79 Å². The van der Waals surface area contributed by atoms with Crippen molar-refractivity contribution in [3.05, 3.63) is 12.7 Å². The predicted molar refractivity (Wildman–Crippen MR) is 48.4 cm³/mol. The molecule has 13 heavy (non-hydrogen) atoms. The molecule has 1 saturated heterocycles. The molecule has 0 spiro atoms. The van der Waals surface area contributed by atoms with Crippen LogP contribution in [0.15, 0.2) is 12.7 Å². The molecule has 4 nitrogen and oxygen atoms in total. The Balaban J connectivity index is 2.57. The Bertz CT molecular complexity index is 193. The Morgan fingerprint density at radius 3 is 2.15 bits per heavy atom. The van der Waals surface area contributed by atoms with Gasteiger partial charge in [-0.05, 0) is 6.08 Å². The van der Waals surface area contributed by atoms with Crippen molar-refractivity contribution in [1.29, 1.82) is 0 Å². The maximum atomic E-state index is 11.2. The van der Waals surface area contributed by atoms with Crippen LogP contribution in [0.25, 0.3) is 0 Å². The zero-order valence-electron chi connectivity index (χ0n) is 8.03. The van der Waals surface area contributed by atoms with Gasteiger partial charge in [0.15, 0.2) is 0 Å². The topological polar surface area (TPSA) is 38.8 Å². The summed E-state index contributed by atoms with van der Waals surface area (Å²) < 4.78 is 10.4. The van der Waals surface area contributed by atoms with Crippen LogP contribution >= 0.6 is 0 Å². The highest BCUT2D eigenvalue weighted by atomic mass is 16.5. The molecule has 0 bridgehead atoms. The lowest BCUT2D eigenvalue weighted by atomic mass is 10.3. The molecule has 2 unspecified atom stereocenters. The van der Waals surface area contributed by atoms with Gasteiger partial charge in [0.05, 0.1) is 0 Å². The Kier molecular flexibility index (Phi) is 3.45. The Hall–Kier alpha value is -0.870. The second kappa shape index (κ2) is 4.39. The van der Waals surface area contributed by atoms with Gasteiger partial charge in [-0.25, -0.2) is 0 Å². The van der Waals surface area contributed by atoms with Crippen LogP contribution in [0.3, 0.4) is 0 Å². The number of likely N-dealkylation sites (tertiary alicyclic amines) is 1. The van der Waals surface area contributed by atoms with Crippen LogP contribution in [0.5, 0.6) is 0 Å². The summed E-state index contributed by atoms with van der Waals surface area (Å²) in [5.74, 6) is -0.0680. The molecular weight excluding hydrogens is 170 g/mol. The first-order valence-corrected chi connectivity index (χ1v) is 4.19. The molecule has 0 aliphatic carbocycles. The first-order chi connectivity index (χ1) is 6.22. The van der Waals surface area contributed by atoms with E-state index in [2.05, 4.69) is 6.58 Å². The van der Waals surface area contributed by atoms with Gasteiger partial charge in [0.2, 0.25) is 5.91 Å². The summed E-state index contributed by atoms with van der Waals surface area (Å²) >= 11 is 0. The minimum Gasteiger partial charge on any atom is -0.377 e. The van der Waals surface area contributed by atoms with Crippen LogP contribution in [0, 0.1) is 0 Å². The molecule has 0 N–H and O–H groups in total. The van der Waals surface area contributed by atoms with Crippen LogP contribution in [0.1, 0.15) is 0 Å². The lowest BCUT2D eigenvalue weighted by molar-refractivity contribution is -0.125. The Morgan fingerprint density at radius 2 is 1.85 bits per heavy atom. The number of rotatable bonds is 3. The summed E-state index contributed by atoms with van der Waals surface area (Å²) in [6.07, 6.45) is 1.27. The van der Waals surface area contributed by atoms with E-state index in [9.17, 15) is 4.79 Å². The van der Waals surface area contributed by atoms with Gasteiger partial charge in [0.25, 0.3) is 0 Å². The number of methoxy groups -OCH3 is 2. The molecule has 0 radical (unpaired) electrons. The van der Waals surface area contributed by atoms with Crippen molar-refractivity contribution in [2.75, 3.05) is 27.3 Å². The van der Waals surface area contributed by atoms with Gasteiger partial charge in [0.1, 0.15) is 12.2 Å². The van der Waals surface area contributed by atoms with E-state index >= 15 is 0 Å². The highest BCUT2D eigenvalue weighted by Crippen LogP contribution is 2.15. The number of ether oxygens (including phenoxy) is 2. The maximum Gasteiger partial charge on any atom is 0.246 e. The largest absolute Gasteiger partial charge is 0.377 e. The Morgan fingerprint density at radius 1 is 1.38 bits per heavy atom. The molecule has 0 aromatic rings. The van der Waals surface area contributed by atoms with Crippen molar-refractivity contribution in [2.45, 2.75) is 12.2 Å². The molecule has 74 valence electrons. The third-order valence-electron chi connectivity index (χ3n) is 2.31. The summed E-state index contributed by atoms with van der Waals surface area (Å²) in [5.41, 5.74) is 0. The molecule has 1 aliphatic heterocycles. The lowest BCUT2D eigenvalue weighted by Crippen LogP contribution is -2.28. The molecule has 1 heterocycles. The van der Waals surface area contributed by atoms with E-state index < -0.39 is 0 Å². The van der Waals surface area contributed by atoms with E-state index in [1.807, 2.05) is 0 Å². The molecule has 1 rings (SSSR count). The van der Waals surface area contributed by atoms with Gasteiger partial charge in [0, 0.05) is 27.3 Å². The number of hydrogen-bond donors (Lipinski definition) is 0. The van der Waals surface area contributed by atoms with Crippen molar-refractivity contribution >= 4 is 5.91 Å². The highest BCUT2D eigenvalue weighted by Gasteiger charge is 2.34. The number of carbonyl (C=O) groups is 1. The van der Waals surface area contributed by atoms with E-state index in [0.29, 0.717) is 13.1 Å². The number of hydrogen-bond acceptors (Lipinski definition) is 3. The number of nitrogens with zero attached hydrogens (tertiary/aromatic N) is 1. The zero-order valence-corrected chi connectivity index (χ0v) is 8.03. The standard InChI is InChI=1S/C9H15NO3/c1-4-9(11)10-5-7(12-2)8(6-10)13-3/h4,7-8H,1,5-6H2,2-3H3. The van der Waals surface area contributed by atoms with Gasteiger partial charge >= 0.3 is 0 Å². The van der Waals surface area contributed by atoms with Crippen LogP contribution in [-0.4, -0.2) is 50.3 Å². The molecule has 0 saturated carbocycles. The quantitative estimate of drug-likeness (QED) is 0.583. The first-order valence-electron chi connectivity index (χ1n) is 4.19.